The Morgan fingerprint density at radius 2 is 1.82 bits per heavy atom. The van der Waals surface area contributed by atoms with Crippen molar-refractivity contribution in [2.75, 3.05) is 32.8 Å². The van der Waals surface area contributed by atoms with Gasteiger partial charge in [-0.1, -0.05) is 26.7 Å². The van der Waals surface area contributed by atoms with Crippen molar-refractivity contribution in [1.82, 2.24) is 10.2 Å². The van der Waals surface area contributed by atoms with Crippen LogP contribution in [0.25, 0.3) is 0 Å². The molecule has 2 fully saturated rings. The third-order valence-electron chi connectivity index (χ3n) is 6.86. The lowest BCUT2D eigenvalue weighted by atomic mass is 9.77. The normalized spacial score (nSPS) is 26.9. The molecule has 1 aromatic rings. The molecule has 0 spiro atoms. The van der Waals surface area contributed by atoms with Crippen LogP contribution in [0.2, 0.25) is 0 Å². The van der Waals surface area contributed by atoms with Gasteiger partial charge in [-0.25, -0.2) is 0 Å². The lowest BCUT2D eigenvalue weighted by molar-refractivity contribution is 0.0549. The zero-order valence-electron chi connectivity index (χ0n) is 17.8. The van der Waals surface area contributed by atoms with Crippen LogP contribution >= 0.6 is 0 Å². The standard InChI is InChI=1S/C24H38N2O2/c1-3-5-12-27-23-14-18-9-11-26-17-19-8-7-10-25-21(19)16-22(26)20(18)15-24(23)28-13-6-4-2/h14-15,19,21-22,25H,3-13,16-17H2,1-2H3/t19-,21+,22+/m0/s1. The van der Waals surface area contributed by atoms with Crippen molar-refractivity contribution in [3.05, 3.63) is 23.3 Å². The quantitative estimate of drug-likeness (QED) is 0.656. The number of hydrogen-bond acceptors (Lipinski definition) is 4. The van der Waals surface area contributed by atoms with Gasteiger partial charge in [-0.15, -0.1) is 0 Å². The van der Waals surface area contributed by atoms with E-state index < -0.39 is 0 Å². The maximum absolute atomic E-state index is 6.20. The fraction of sp³-hybridized carbons (Fsp3) is 0.750. The second-order valence-corrected chi connectivity index (χ2v) is 8.86. The van der Waals surface area contributed by atoms with Gasteiger partial charge in [0.1, 0.15) is 0 Å². The number of benzene rings is 1. The first-order valence-corrected chi connectivity index (χ1v) is 11.7. The van der Waals surface area contributed by atoms with Crippen LogP contribution in [0.5, 0.6) is 11.5 Å². The van der Waals surface area contributed by atoms with Crippen molar-refractivity contribution in [2.45, 2.75) is 77.3 Å². The average Bonchev–Trinajstić information content (AvgIpc) is 2.73. The number of unbranched alkanes of at least 4 members (excludes halogenated alkanes) is 2. The first-order chi connectivity index (χ1) is 13.8. The number of fused-ring (bicyclic) bond motifs is 4. The topological polar surface area (TPSA) is 33.7 Å². The maximum atomic E-state index is 6.20. The summed E-state index contributed by atoms with van der Waals surface area (Å²) >= 11 is 0. The van der Waals surface area contributed by atoms with Gasteiger partial charge in [-0.2, -0.15) is 0 Å². The summed E-state index contributed by atoms with van der Waals surface area (Å²) in [7, 11) is 0. The van der Waals surface area contributed by atoms with Crippen LogP contribution in [-0.2, 0) is 6.42 Å². The predicted molar refractivity (Wildman–Crippen MR) is 114 cm³/mol. The number of hydrogen-bond donors (Lipinski definition) is 1. The number of nitrogens with one attached hydrogen (secondary N) is 1. The van der Waals surface area contributed by atoms with Crippen LogP contribution in [0, 0.1) is 5.92 Å². The Hall–Kier alpha value is -1.26. The van der Waals surface area contributed by atoms with Crippen molar-refractivity contribution in [3.63, 3.8) is 0 Å². The molecule has 28 heavy (non-hydrogen) atoms. The van der Waals surface area contributed by atoms with Crippen LogP contribution in [0.3, 0.4) is 0 Å². The summed E-state index contributed by atoms with van der Waals surface area (Å²) in [5.74, 6) is 2.76. The van der Waals surface area contributed by atoms with Crippen molar-refractivity contribution in [3.8, 4) is 11.5 Å². The highest BCUT2D eigenvalue weighted by atomic mass is 16.5. The smallest absolute Gasteiger partial charge is 0.161 e. The van der Waals surface area contributed by atoms with Crippen LogP contribution in [0.1, 0.15) is 76.0 Å². The second-order valence-electron chi connectivity index (χ2n) is 8.86. The third kappa shape index (κ3) is 4.33. The molecule has 3 heterocycles. The molecule has 0 saturated carbocycles. The molecule has 2 saturated heterocycles. The Bertz CT molecular complexity index is 648. The molecular weight excluding hydrogens is 348 g/mol. The zero-order valence-corrected chi connectivity index (χ0v) is 17.8. The van der Waals surface area contributed by atoms with Crippen molar-refractivity contribution < 1.29 is 9.47 Å². The molecule has 0 bridgehead atoms. The fourth-order valence-corrected chi connectivity index (χ4v) is 5.19. The molecule has 4 heteroatoms. The fourth-order valence-electron chi connectivity index (χ4n) is 5.19. The van der Waals surface area contributed by atoms with Crippen LogP contribution in [-0.4, -0.2) is 43.8 Å². The Morgan fingerprint density at radius 3 is 2.57 bits per heavy atom. The molecule has 0 amide bonds. The largest absolute Gasteiger partial charge is 0.490 e. The Kier molecular flexibility index (Phi) is 6.79. The lowest BCUT2D eigenvalue weighted by Crippen LogP contribution is -2.54. The van der Waals surface area contributed by atoms with Gasteiger partial charge in [0.15, 0.2) is 11.5 Å². The molecule has 0 unspecified atom stereocenters. The molecule has 0 aromatic heterocycles. The van der Waals surface area contributed by atoms with E-state index in [4.69, 9.17) is 9.47 Å². The molecule has 4 rings (SSSR count). The summed E-state index contributed by atoms with van der Waals surface area (Å²) in [6.45, 7) is 9.61. The zero-order chi connectivity index (χ0) is 19.3. The van der Waals surface area contributed by atoms with Gasteiger partial charge in [-0.05, 0) is 74.2 Å². The summed E-state index contributed by atoms with van der Waals surface area (Å²) in [5.41, 5.74) is 2.97. The first kappa shape index (κ1) is 20.0. The highest BCUT2D eigenvalue weighted by Crippen LogP contribution is 2.44. The molecule has 4 nitrogen and oxygen atoms in total. The summed E-state index contributed by atoms with van der Waals surface area (Å²) in [4.78, 5) is 2.74. The minimum atomic E-state index is 0.536. The van der Waals surface area contributed by atoms with Crippen molar-refractivity contribution in [1.29, 1.82) is 0 Å². The molecule has 1 N–H and O–H groups in total. The molecule has 3 aliphatic heterocycles. The van der Waals surface area contributed by atoms with Gasteiger partial charge in [0, 0.05) is 25.2 Å². The van der Waals surface area contributed by atoms with Gasteiger partial charge in [0.05, 0.1) is 13.2 Å². The number of nitrogens with zero attached hydrogens (tertiary/aromatic N) is 1. The summed E-state index contributed by atoms with van der Waals surface area (Å²) < 4.78 is 12.3. The molecular formula is C24H38N2O2. The van der Waals surface area contributed by atoms with E-state index >= 15 is 0 Å². The van der Waals surface area contributed by atoms with E-state index in [1.54, 1.807) is 0 Å². The van der Waals surface area contributed by atoms with Crippen LogP contribution < -0.4 is 14.8 Å². The van der Waals surface area contributed by atoms with Gasteiger partial charge >= 0.3 is 0 Å². The summed E-state index contributed by atoms with van der Waals surface area (Å²) in [6, 6.07) is 5.84. The van der Waals surface area contributed by atoms with E-state index in [0.29, 0.717) is 12.1 Å². The number of rotatable bonds is 8. The summed E-state index contributed by atoms with van der Waals surface area (Å²) in [5, 5.41) is 3.80. The molecule has 3 atom stereocenters. The SMILES string of the molecule is CCCCOc1cc2c(cc1OCCCC)[C@H]1C[C@H]3NCCC[C@H]3CN1CC2. The van der Waals surface area contributed by atoms with E-state index in [1.807, 2.05) is 0 Å². The average molecular weight is 387 g/mol. The van der Waals surface area contributed by atoms with Gasteiger partial charge in [0.2, 0.25) is 0 Å². The first-order valence-electron chi connectivity index (χ1n) is 11.7. The highest BCUT2D eigenvalue weighted by molar-refractivity contribution is 5.50. The second kappa shape index (κ2) is 9.49. The Balaban J connectivity index is 1.57. The monoisotopic (exact) mass is 386 g/mol. The molecule has 0 radical (unpaired) electrons. The van der Waals surface area contributed by atoms with Gasteiger partial charge in [0.25, 0.3) is 0 Å². The van der Waals surface area contributed by atoms with Crippen molar-refractivity contribution in [2.24, 2.45) is 5.92 Å². The molecule has 3 aliphatic rings. The molecule has 1 aromatic carbocycles. The minimum Gasteiger partial charge on any atom is -0.490 e. The molecule has 156 valence electrons. The summed E-state index contributed by atoms with van der Waals surface area (Å²) in [6.07, 6.45) is 9.60. The lowest BCUT2D eigenvalue weighted by Gasteiger charge is -2.49. The Labute approximate surface area is 171 Å². The Morgan fingerprint density at radius 1 is 1.07 bits per heavy atom. The van der Waals surface area contributed by atoms with Gasteiger partial charge in [-0.3, -0.25) is 4.90 Å². The minimum absolute atomic E-state index is 0.536. The number of piperidine rings is 2. The number of ether oxygens (including phenoxy) is 2. The molecule has 0 aliphatic carbocycles. The van der Waals surface area contributed by atoms with Crippen molar-refractivity contribution >= 4 is 0 Å². The highest BCUT2D eigenvalue weighted by Gasteiger charge is 2.40. The van der Waals surface area contributed by atoms with E-state index in [2.05, 4.69) is 36.2 Å². The maximum Gasteiger partial charge on any atom is 0.161 e. The third-order valence-corrected chi connectivity index (χ3v) is 6.86. The van der Waals surface area contributed by atoms with E-state index in [-0.39, 0.29) is 0 Å². The van der Waals surface area contributed by atoms with Gasteiger partial charge < -0.3 is 14.8 Å². The van der Waals surface area contributed by atoms with E-state index in [9.17, 15) is 0 Å². The van der Waals surface area contributed by atoms with E-state index in [0.717, 1.165) is 62.7 Å². The van der Waals surface area contributed by atoms with Crippen LogP contribution in [0.4, 0.5) is 0 Å². The predicted octanol–water partition coefficient (Wildman–Crippen LogP) is 4.72. The van der Waals surface area contributed by atoms with E-state index in [1.165, 1.54) is 50.0 Å². The van der Waals surface area contributed by atoms with Crippen LogP contribution in [0.15, 0.2) is 12.1 Å².